The van der Waals surface area contributed by atoms with Crippen LogP contribution in [0.3, 0.4) is 0 Å². The minimum absolute atomic E-state index is 1.06. The number of benzene rings is 4. The van der Waals surface area contributed by atoms with Gasteiger partial charge in [-0.1, -0.05) is 115 Å². The lowest BCUT2D eigenvalue weighted by molar-refractivity contribution is 0.920. The Morgan fingerprint density at radius 2 is 0.917 bits per heavy atom. The second-order valence-electron chi connectivity index (χ2n) is 10.2. The first kappa shape index (κ1) is 24.1. The lowest BCUT2D eigenvalue weighted by Crippen LogP contribution is -1.99. The van der Waals surface area contributed by atoms with Crippen molar-refractivity contribution in [2.75, 3.05) is 0 Å². The number of hydrogen-bond acceptors (Lipinski definition) is 0. The summed E-state index contributed by atoms with van der Waals surface area (Å²) in [6.45, 7) is 4.32. The van der Waals surface area contributed by atoms with Crippen molar-refractivity contribution in [2.45, 2.75) is 52.4 Å². The summed E-state index contributed by atoms with van der Waals surface area (Å²) in [6.07, 6.45) is 15.4. The number of hydrogen-bond donors (Lipinski definition) is 0. The molecule has 0 radical (unpaired) electrons. The first-order chi connectivity index (χ1) is 17.6. The SMILES string of the molecule is Cc1ccc(C)c(/C=C/C=C/c2cc3ccc2CCc2ccc(cc2)CCc2ccc(cc2)CC3)c1. The molecule has 6 aliphatic rings. The highest BCUT2D eigenvalue weighted by Crippen LogP contribution is 2.20. The molecule has 0 nitrogen and oxygen atoms in total. The van der Waals surface area contributed by atoms with Crippen molar-refractivity contribution in [3.63, 3.8) is 0 Å². The van der Waals surface area contributed by atoms with Gasteiger partial charge in [0.25, 0.3) is 0 Å². The maximum absolute atomic E-state index is 2.40. The van der Waals surface area contributed by atoms with E-state index in [-0.39, 0.29) is 0 Å². The number of rotatable bonds is 3. The lowest BCUT2D eigenvalue weighted by atomic mass is 9.94. The third-order valence-electron chi connectivity index (χ3n) is 7.44. The highest BCUT2D eigenvalue weighted by atomic mass is 14.1. The summed E-state index contributed by atoms with van der Waals surface area (Å²) in [7, 11) is 0. The molecular formula is C36H36. The van der Waals surface area contributed by atoms with Crippen LogP contribution < -0.4 is 0 Å². The van der Waals surface area contributed by atoms with E-state index in [9.17, 15) is 0 Å². The van der Waals surface area contributed by atoms with Crippen LogP contribution in [-0.4, -0.2) is 0 Å². The van der Waals surface area contributed by atoms with Crippen molar-refractivity contribution >= 4 is 12.2 Å². The molecule has 0 N–H and O–H groups in total. The van der Waals surface area contributed by atoms with Crippen molar-refractivity contribution < 1.29 is 0 Å². The third kappa shape index (κ3) is 6.32. The summed E-state index contributed by atoms with van der Waals surface area (Å²) < 4.78 is 0. The van der Waals surface area contributed by atoms with Crippen LogP contribution in [0.1, 0.15) is 55.6 Å². The zero-order chi connectivity index (χ0) is 24.7. The summed E-state index contributed by atoms with van der Waals surface area (Å²) in [5.74, 6) is 0. The summed E-state index contributed by atoms with van der Waals surface area (Å²) in [5, 5.41) is 0. The number of allylic oxidation sites excluding steroid dienone is 2. The highest BCUT2D eigenvalue weighted by Gasteiger charge is 2.06. The summed E-state index contributed by atoms with van der Waals surface area (Å²) in [6, 6.07) is 32.2. The molecule has 0 aliphatic heterocycles. The zero-order valence-electron chi connectivity index (χ0n) is 21.6. The van der Waals surface area contributed by atoms with E-state index in [2.05, 4.69) is 123 Å². The molecule has 0 fully saturated rings. The lowest BCUT2D eigenvalue weighted by Gasteiger charge is -2.11. The van der Waals surface area contributed by atoms with Crippen molar-refractivity contribution in [3.05, 3.63) is 153 Å². The van der Waals surface area contributed by atoms with Crippen molar-refractivity contribution in [2.24, 2.45) is 0 Å². The second kappa shape index (κ2) is 11.4. The van der Waals surface area contributed by atoms with E-state index in [0.717, 1.165) is 38.5 Å². The minimum Gasteiger partial charge on any atom is -0.0616 e. The van der Waals surface area contributed by atoms with Gasteiger partial charge in [-0.05, 0) is 102 Å². The van der Waals surface area contributed by atoms with Crippen LogP contribution in [0.2, 0.25) is 0 Å². The predicted octanol–water partition coefficient (Wildman–Crippen LogP) is 8.70. The fourth-order valence-corrected chi connectivity index (χ4v) is 5.04. The van der Waals surface area contributed by atoms with Gasteiger partial charge in [0, 0.05) is 0 Å². The van der Waals surface area contributed by atoms with Crippen LogP contribution in [0.5, 0.6) is 0 Å². The van der Waals surface area contributed by atoms with E-state index in [0.29, 0.717) is 0 Å². The van der Waals surface area contributed by atoms with Crippen LogP contribution in [0.25, 0.3) is 12.2 Å². The summed E-state index contributed by atoms with van der Waals surface area (Å²) >= 11 is 0. The van der Waals surface area contributed by atoms with Crippen molar-refractivity contribution in [1.29, 1.82) is 0 Å². The Labute approximate surface area is 217 Å². The molecule has 6 aliphatic carbocycles. The molecule has 0 amide bonds. The molecule has 0 atom stereocenters. The Bertz CT molecular complexity index is 1360. The fraction of sp³-hybridized carbons (Fsp3) is 0.222. The van der Waals surface area contributed by atoms with Gasteiger partial charge in [-0.15, -0.1) is 0 Å². The molecule has 36 heavy (non-hydrogen) atoms. The molecule has 0 spiro atoms. The highest BCUT2D eigenvalue weighted by molar-refractivity contribution is 5.61. The Morgan fingerprint density at radius 1 is 0.444 bits per heavy atom. The quantitative estimate of drug-likeness (QED) is 0.264. The van der Waals surface area contributed by atoms with Gasteiger partial charge >= 0.3 is 0 Å². The van der Waals surface area contributed by atoms with E-state index in [1.807, 2.05) is 0 Å². The van der Waals surface area contributed by atoms with Gasteiger partial charge in [-0.2, -0.15) is 0 Å². The normalized spacial score (nSPS) is 14.1. The fourth-order valence-electron chi connectivity index (χ4n) is 5.04. The van der Waals surface area contributed by atoms with E-state index in [1.165, 1.54) is 55.6 Å². The van der Waals surface area contributed by atoms with E-state index in [4.69, 9.17) is 0 Å². The molecule has 0 unspecified atom stereocenters. The molecule has 4 aromatic rings. The standard InChI is InChI=1S/C36H36/c1-27-7-8-28(2)35(25-27)5-3-4-6-36-26-33-20-19-31-13-11-29(12-14-31)9-10-30-15-17-32(18-16-30)21-23-34(36)24-22-33/h3-8,11-18,22,24-26H,9-10,19-21,23H2,1-2H3/b5-3+,6-4+. The van der Waals surface area contributed by atoms with Crippen LogP contribution >= 0.6 is 0 Å². The van der Waals surface area contributed by atoms with Gasteiger partial charge < -0.3 is 0 Å². The monoisotopic (exact) mass is 468 g/mol. The zero-order valence-corrected chi connectivity index (χ0v) is 21.6. The average molecular weight is 469 g/mol. The van der Waals surface area contributed by atoms with Gasteiger partial charge in [0.2, 0.25) is 0 Å². The Morgan fingerprint density at radius 3 is 1.50 bits per heavy atom. The largest absolute Gasteiger partial charge is 0.0616 e. The molecule has 4 aromatic carbocycles. The van der Waals surface area contributed by atoms with Gasteiger partial charge in [-0.3, -0.25) is 0 Å². The molecule has 6 bridgehead atoms. The van der Waals surface area contributed by atoms with Crippen LogP contribution in [0.4, 0.5) is 0 Å². The van der Waals surface area contributed by atoms with Gasteiger partial charge in [-0.25, -0.2) is 0 Å². The smallest absolute Gasteiger partial charge is 0.0222 e. The van der Waals surface area contributed by atoms with E-state index in [1.54, 1.807) is 0 Å². The maximum atomic E-state index is 2.40. The van der Waals surface area contributed by atoms with Crippen LogP contribution in [0, 0.1) is 13.8 Å². The van der Waals surface area contributed by atoms with E-state index >= 15 is 0 Å². The Kier molecular flexibility index (Phi) is 7.62. The third-order valence-corrected chi connectivity index (χ3v) is 7.44. The van der Waals surface area contributed by atoms with Gasteiger partial charge in [0.05, 0.1) is 0 Å². The maximum Gasteiger partial charge on any atom is -0.0222 e. The molecule has 0 aromatic heterocycles. The molecule has 0 heterocycles. The Hall–Kier alpha value is -3.64. The first-order valence-electron chi connectivity index (χ1n) is 13.3. The summed E-state index contributed by atoms with van der Waals surface area (Å²) in [5.41, 5.74) is 13.8. The van der Waals surface area contributed by atoms with Gasteiger partial charge in [0.1, 0.15) is 0 Å². The topological polar surface area (TPSA) is 0 Å². The minimum atomic E-state index is 1.06. The van der Waals surface area contributed by atoms with E-state index < -0.39 is 0 Å². The Balaban J connectivity index is 1.42. The molecule has 0 heteroatoms. The van der Waals surface area contributed by atoms with Crippen LogP contribution in [-0.2, 0) is 38.5 Å². The molecular weight excluding hydrogens is 432 g/mol. The molecule has 10 rings (SSSR count). The first-order valence-corrected chi connectivity index (χ1v) is 13.3. The van der Waals surface area contributed by atoms with Crippen molar-refractivity contribution in [1.82, 2.24) is 0 Å². The molecule has 0 saturated carbocycles. The van der Waals surface area contributed by atoms with Crippen molar-refractivity contribution in [3.8, 4) is 0 Å². The average Bonchev–Trinajstić information content (AvgIpc) is 2.91. The number of aryl methyl sites for hydroxylation is 8. The molecule has 180 valence electrons. The van der Waals surface area contributed by atoms with Crippen LogP contribution in [0.15, 0.2) is 97.1 Å². The van der Waals surface area contributed by atoms with Gasteiger partial charge in [0.15, 0.2) is 0 Å². The predicted molar refractivity (Wildman–Crippen MR) is 156 cm³/mol. The molecule has 0 saturated heterocycles. The summed E-state index contributed by atoms with van der Waals surface area (Å²) in [4.78, 5) is 0. The second-order valence-corrected chi connectivity index (χ2v) is 10.2.